The Morgan fingerprint density at radius 3 is 2.73 bits per heavy atom. The Labute approximate surface area is 171 Å². The zero-order valence-corrected chi connectivity index (χ0v) is 17.6. The van der Waals surface area contributed by atoms with Gasteiger partial charge in [-0.2, -0.15) is 0 Å². The van der Waals surface area contributed by atoms with Gasteiger partial charge in [-0.3, -0.25) is 14.7 Å². The maximum absolute atomic E-state index is 11.7. The summed E-state index contributed by atoms with van der Waals surface area (Å²) in [7, 11) is 1.81. The Bertz CT molecular complexity index is 568. The Morgan fingerprint density at radius 2 is 2.12 bits per heavy atom. The summed E-state index contributed by atoms with van der Waals surface area (Å²) in [6.45, 7) is 5.39. The number of aromatic nitrogens is 1. The third-order valence-electron chi connectivity index (χ3n) is 4.57. The van der Waals surface area contributed by atoms with E-state index in [1.54, 1.807) is 6.26 Å². The SMILES string of the molecule is CN=C(NCCCC(=O)NC1CC1)N1CCN(Cc2ccon2)CC1.I. The molecule has 1 aromatic rings. The van der Waals surface area contributed by atoms with Crippen molar-refractivity contribution < 1.29 is 9.32 Å². The Balaban J connectivity index is 0.00000243. The van der Waals surface area contributed by atoms with E-state index in [0.717, 1.165) is 70.2 Å². The van der Waals surface area contributed by atoms with Crippen LogP contribution in [0.5, 0.6) is 0 Å². The van der Waals surface area contributed by atoms with Crippen LogP contribution < -0.4 is 10.6 Å². The van der Waals surface area contributed by atoms with Crippen LogP contribution in [0.3, 0.4) is 0 Å². The predicted molar refractivity (Wildman–Crippen MR) is 111 cm³/mol. The minimum absolute atomic E-state index is 0. The summed E-state index contributed by atoms with van der Waals surface area (Å²) >= 11 is 0. The first-order valence-electron chi connectivity index (χ1n) is 9.11. The summed E-state index contributed by atoms with van der Waals surface area (Å²) in [5.41, 5.74) is 0.973. The highest BCUT2D eigenvalue weighted by Crippen LogP contribution is 2.18. The molecule has 3 rings (SSSR count). The second-order valence-corrected chi connectivity index (χ2v) is 6.67. The number of carbonyl (C=O) groups is 1. The highest BCUT2D eigenvalue weighted by Gasteiger charge is 2.23. The maximum atomic E-state index is 11.7. The van der Waals surface area contributed by atoms with Gasteiger partial charge in [0.25, 0.3) is 0 Å². The molecule has 1 aromatic heterocycles. The van der Waals surface area contributed by atoms with Crippen molar-refractivity contribution in [2.75, 3.05) is 39.8 Å². The van der Waals surface area contributed by atoms with E-state index in [4.69, 9.17) is 4.52 Å². The second kappa shape index (κ2) is 10.7. The lowest BCUT2D eigenvalue weighted by atomic mass is 10.3. The maximum Gasteiger partial charge on any atom is 0.220 e. The number of carbonyl (C=O) groups excluding carboxylic acids is 1. The first-order valence-corrected chi connectivity index (χ1v) is 9.11. The summed E-state index contributed by atoms with van der Waals surface area (Å²) < 4.78 is 4.88. The van der Waals surface area contributed by atoms with E-state index in [-0.39, 0.29) is 29.9 Å². The molecule has 0 radical (unpaired) electrons. The van der Waals surface area contributed by atoms with Crippen molar-refractivity contribution in [3.63, 3.8) is 0 Å². The van der Waals surface area contributed by atoms with Gasteiger partial charge in [0.1, 0.15) is 6.26 Å². The Hall–Kier alpha value is -1.36. The molecule has 0 bridgehead atoms. The van der Waals surface area contributed by atoms with Gasteiger partial charge in [0.2, 0.25) is 5.91 Å². The van der Waals surface area contributed by atoms with Gasteiger partial charge in [0, 0.05) is 64.8 Å². The molecule has 2 aliphatic rings. The molecule has 1 aliphatic carbocycles. The molecule has 8 nitrogen and oxygen atoms in total. The van der Waals surface area contributed by atoms with Crippen molar-refractivity contribution in [1.82, 2.24) is 25.6 Å². The number of nitrogens with one attached hydrogen (secondary N) is 2. The average Bonchev–Trinajstić information content (AvgIpc) is 3.28. The van der Waals surface area contributed by atoms with E-state index in [1.165, 1.54) is 0 Å². The van der Waals surface area contributed by atoms with Crippen LogP contribution in [0.25, 0.3) is 0 Å². The fourth-order valence-electron chi connectivity index (χ4n) is 2.97. The molecular formula is C17H29IN6O2. The summed E-state index contributed by atoms with van der Waals surface area (Å²) in [6.07, 6.45) is 5.29. The summed E-state index contributed by atoms with van der Waals surface area (Å²) in [6, 6.07) is 2.36. The number of piperazine rings is 1. The molecule has 1 saturated carbocycles. The van der Waals surface area contributed by atoms with Gasteiger partial charge >= 0.3 is 0 Å². The van der Waals surface area contributed by atoms with Crippen molar-refractivity contribution in [3.8, 4) is 0 Å². The monoisotopic (exact) mass is 476 g/mol. The molecule has 0 unspecified atom stereocenters. The van der Waals surface area contributed by atoms with Gasteiger partial charge in [-0.1, -0.05) is 5.16 Å². The zero-order valence-electron chi connectivity index (χ0n) is 15.3. The minimum Gasteiger partial charge on any atom is -0.364 e. The smallest absolute Gasteiger partial charge is 0.220 e. The van der Waals surface area contributed by atoms with Crippen LogP contribution in [-0.4, -0.2) is 72.6 Å². The van der Waals surface area contributed by atoms with Gasteiger partial charge in [0.15, 0.2) is 5.96 Å². The van der Waals surface area contributed by atoms with Crippen molar-refractivity contribution in [2.24, 2.45) is 4.99 Å². The standard InChI is InChI=1S/C17H28N6O2.HI/c1-18-17(19-7-2-3-16(24)20-14-4-5-14)23-10-8-22(9-11-23)13-15-6-12-25-21-15;/h6,12,14H,2-5,7-11,13H2,1H3,(H,18,19)(H,20,24);1H. The number of aliphatic imine (C=N–C) groups is 1. The van der Waals surface area contributed by atoms with Gasteiger partial charge in [-0.15, -0.1) is 24.0 Å². The number of rotatable bonds is 7. The van der Waals surface area contributed by atoms with Crippen molar-refractivity contribution in [2.45, 2.75) is 38.3 Å². The number of hydrogen-bond donors (Lipinski definition) is 2. The van der Waals surface area contributed by atoms with Crippen molar-refractivity contribution in [3.05, 3.63) is 18.0 Å². The van der Waals surface area contributed by atoms with E-state index < -0.39 is 0 Å². The molecule has 2 fully saturated rings. The van der Waals surface area contributed by atoms with Gasteiger partial charge in [-0.25, -0.2) is 0 Å². The molecule has 0 aromatic carbocycles. The third-order valence-corrected chi connectivity index (χ3v) is 4.57. The Morgan fingerprint density at radius 1 is 1.35 bits per heavy atom. The highest BCUT2D eigenvalue weighted by atomic mass is 127. The topological polar surface area (TPSA) is 86.0 Å². The number of nitrogens with zero attached hydrogens (tertiary/aromatic N) is 4. The lowest BCUT2D eigenvalue weighted by Crippen LogP contribution is -2.52. The minimum atomic E-state index is 0. The lowest BCUT2D eigenvalue weighted by molar-refractivity contribution is -0.121. The molecular weight excluding hydrogens is 447 g/mol. The number of amides is 1. The van der Waals surface area contributed by atoms with Crippen LogP contribution in [0.2, 0.25) is 0 Å². The van der Waals surface area contributed by atoms with Crippen molar-refractivity contribution >= 4 is 35.8 Å². The van der Waals surface area contributed by atoms with Crippen LogP contribution >= 0.6 is 24.0 Å². The number of halogens is 1. The van der Waals surface area contributed by atoms with Crippen LogP contribution in [0.4, 0.5) is 0 Å². The number of guanidine groups is 1. The average molecular weight is 476 g/mol. The molecule has 1 aliphatic heterocycles. The molecule has 1 saturated heterocycles. The van der Waals surface area contributed by atoms with E-state index in [9.17, 15) is 4.79 Å². The van der Waals surface area contributed by atoms with E-state index in [1.807, 2.05) is 13.1 Å². The van der Waals surface area contributed by atoms with Crippen molar-refractivity contribution in [1.29, 1.82) is 0 Å². The van der Waals surface area contributed by atoms with Crippen LogP contribution in [0.1, 0.15) is 31.4 Å². The largest absolute Gasteiger partial charge is 0.364 e. The fourth-order valence-corrected chi connectivity index (χ4v) is 2.97. The predicted octanol–water partition coefficient (Wildman–Crippen LogP) is 1.04. The number of hydrogen-bond acceptors (Lipinski definition) is 5. The molecule has 2 N–H and O–H groups in total. The van der Waals surface area contributed by atoms with Crippen LogP contribution in [0, 0.1) is 0 Å². The molecule has 9 heteroatoms. The molecule has 0 spiro atoms. The normalized spacial score (nSPS) is 18.3. The first kappa shape index (κ1) is 20.9. The molecule has 146 valence electrons. The van der Waals surface area contributed by atoms with Crippen LogP contribution in [0.15, 0.2) is 21.8 Å². The van der Waals surface area contributed by atoms with Crippen LogP contribution in [-0.2, 0) is 11.3 Å². The third kappa shape index (κ3) is 6.75. The summed E-state index contributed by atoms with van der Waals surface area (Å²) in [5.74, 6) is 1.09. The zero-order chi connectivity index (χ0) is 17.5. The molecule has 26 heavy (non-hydrogen) atoms. The van der Waals surface area contributed by atoms with E-state index in [2.05, 4.69) is 30.6 Å². The Kier molecular flexibility index (Phi) is 8.63. The van der Waals surface area contributed by atoms with E-state index >= 15 is 0 Å². The first-order chi connectivity index (χ1) is 12.2. The molecule has 0 atom stereocenters. The second-order valence-electron chi connectivity index (χ2n) is 6.67. The van der Waals surface area contributed by atoms with Gasteiger partial charge in [0.05, 0.1) is 5.69 Å². The summed E-state index contributed by atoms with van der Waals surface area (Å²) in [5, 5.41) is 10.4. The molecule has 1 amide bonds. The highest BCUT2D eigenvalue weighted by molar-refractivity contribution is 14.0. The summed E-state index contributed by atoms with van der Waals surface area (Å²) in [4.78, 5) is 20.7. The van der Waals surface area contributed by atoms with E-state index in [0.29, 0.717) is 12.5 Å². The quantitative estimate of drug-likeness (QED) is 0.265. The van der Waals surface area contributed by atoms with Gasteiger partial charge in [-0.05, 0) is 19.3 Å². The lowest BCUT2D eigenvalue weighted by Gasteiger charge is -2.36. The fraction of sp³-hybridized carbons (Fsp3) is 0.706. The van der Waals surface area contributed by atoms with Gasteiger partial charge < -0.3 is 20.1 Å². The molecule has 2 heterocycles.